The van der Waals surface area contributed by atoms with Crippen molar-refractivity contribution in [1.29, 1.82) is 0 Å². The Labute approximate surface area is 151 Å². The van der Waals surface area contributed by atoms with Crippen molar-refractivity contribution in [2.75, 3.05) is 0 Å². The molecule has 0 aromatic rings. The molecule has 0 aliphatic heterocycles. The summed E-state index contributed by atoms with van der Waals surface area (Å²) in [5.74, 6) is -1.89. The molecule has 0 saturated carbocycles. The molecule has 0 aromatic heterocycles. The molecule has 0 fully saturated rings. The van der Waals surface area contributed by atoms with Crippen LogP contribution in [0.3, 0.4) is 0 Å². The van der Waals surface area contributed by atoms with Gasteiger partial charge in [0.05, 0.1) is 0 Å². The van der Waals surface area contributed by atoms with Crippen molar-refractivity contribution in [2.45, 2.75) is 64.2 Å². The second-order valence-electron chi connectivity index (χ2n) is 4.52. The van der Waals surface area contributed by atoms with E-state index in [1.54, 1.807) is 0 Å². The normalized spacial score (nSPS) is 8.36. The Balaban J connectivity index is -0.000000135. The summed E-state index contributed by atoms with van der Waals surface area (Å²) >= 11 is 0. The first kappa shape index (κ1) is 29.3. The zero-order chi connectivity index (χ0) is 15.6. The molecule has 0 aromatic carbocycles. The monoisotopic (exact) mass is 344 g/mol. The smallest absolute Gasteiger partial charge is 1.00 e. The molecule has 0 bridgehead atoms. The van der Waals surface area contributed by atoms with Gasteiger partial charge in [-0.1, -0.05) is 25.0 Å². The largest absolute Gasteiger partial charge is 3.00 e. The number of unbranched alkanes of at least 4 members (excludes halogenated alkanes) is 6. The molecule has 0 rings (SSSR count). The summed E-state index contributed by atoms with van der Waals surface area (Å²) in [5, 5.41) is 19.8. The molecule has 4 nitrogen and oxygen atoms in total. The molecule has 0 N–H and O–H groups in total. The topological polar surface area (TPSA) is 80.3 Å². The molecule has 0 radical (unpaired) electrons. The van der Waals surface area contributed by atoms with Gasteiger partial charge in [-0.15, -0.1) is 13.2 Å². The van der Waals surface area contributed by atoms with E-state index in [0.717, 1.165) is 51.4 Å². The second kappa shape index (κ2) is 25.2. The van der Waals surface area contributed by atoms with Crippen molar-refractivity contribution in [2.24, 2.45) is 0 Å². The van der Waals surface area contributed by atoms with Gasteiger partial charge >= 0.3 is 17.4 Å². The number of carboxylic acid groups (broad SMARTS) is 2. The third-order valence-electron chi connectivity index (χ3n) is 2.58. The van der Waals surface area contributed by atoms with Crippen molar-refractivity contribution in [3.63, 3.8) is 0 Å². The van der Waals surface area contributed by atoms with E-state index < -0.39 is 11.9 Å². The van der Waals surface area contributed by atoms with Gasteiger partial charge in [0.15, 0.2) is 0 Å². The number of halogens is 1. The Bertz CT molecular complexity index is 255. The molecule has 0 spiro atoms. The Morgan fingerprint density at radius 3 is 1.27 bits per heavy atom. The number of rotatable bonds is 12. The molecule has 0 heterocycles. The minimum Gasteiger partial charge on any atom is -1.00 e. The van der Waals surface area contributed by atoms with Crippen LogP contribution < -0.4 is 22.6 Å². The fourth-order valence-electron chi connectivity index (χ4n) is 1.47. The first-order valence-corrected chi connectivity index (χ1v) is 7.16. The van der Waals surface area contributed by atoms with Crippen LogP contribution in [-0.2, 0) is 9.59 Å². The van der Waals surface area contributed by atoms with E-state index in [-0.39, 0.29) is 42.6 Å². The van der Waals surface area contributed by atoms with Gasteiger partial charge in [-0.2, -0.15) is 0 Å². The first-order valence-electron chi connectivity index (χ1n) is 7.16. The number of hydrogen-bond donors (Lipinski definition) is 0. The first-order chi connectivity index (χ1) is 9.54. The van der Waals surface area contributed by atoms with Crippen LogP contribution in [0.5, 0.6) is 0 Å². The van der Waals surface area contributed by atoms with Crippen molar-refractivity contribution in [3.8, 4) is 0 Å². The second-order valence-corrected chi connectivity index (χ2v) is 4.52. The summed E-state index contributed by atoms with van der Waals surface area (Å²) in [6.07, 6.45) is 11.5. The van der Waals surface area contributed by atoms with E-state index in [1.807, 2.05) is 12.2 Å². The SMILES string of the molecule is C=CCCCCCC(=O)[O-].C=CCCCCCC(=O)[O-].[Al+3].[Cl-]. The van der Waals surface area contributed by atoms with Crippen LogP contribution in [0.15, 0.2) is 25.3 Å². The van der Waals surface area contributed by atoms with Crippen LogP contribution in [-0.4, -0.2) is 29.3 Å². The Kier molecular flexibility index (Phi) is 33.6. The van der Waals surface area contributed by atoms with Gasteiger partial charge < -0.3 is 32.2 Å². The van der Waals surface area contributed by atoms with E-state index >= 15 is 0 Å². The third kappa shape index (κ3) is 36.5. The standard InChI is InChI=1S/2C8H14O2.Al.ClH/c2*1-2-3-4-5-6-7-8(9)10;;/h2*2H,1,3-7H2,(H,9,10);;1H/q;;+3;/p-3. The molecule has 0 unspecified atom stereocenters. The number of carbonyl (C=O) groups is 2. The van der Waals surface area contributed by atoms with E-state index in [4.69, 9.17) is 0 Å². The number of hydrogen-bond acceptors (Lipinski definition) is 4. The fourth-order valence-corrected chi connectivity index (χ4v) is 1.47. The van der Waals surface area contributed by atoms with Gasteiger partial charge in [0.2, 0.25) is 0 Å². The van der Waals surface area contributed by atoms with Crippen molar-refractivity contribution in [3.05, 3.63) is 25.3 Å². The molecule has 0 atom stereocenters. The van der Waals surface area contributed by atoms with Gasteiger partial charge in [-0.25, -0.2) is 0 Å². The van der Waals surface area contributed by atoms with E-state index in [1.165, 1.54) is 0 Å². The van der Waals surface area contributed by atoms with Crippen molar-refractivity contribution < 1.29 is 32.2 Å². The number of aliphatic carboxylic acids is 2. The summed E-state index contributed by atoms with van der Waals surface area (Å²) < 4.78 is 0. The predicted octanol–water partition coefficient (Wildman–Crippen LogP) is -1.63. The van der Waals surface area contributed by atoms with Crippen molar-refractivity contribution >= 4 is 29.3 Å². The Hall–Kier alpha value is -0.758. The van der Waals surface area contributed by atoms with Gasteiger partial charge in [0, 0.05) is 11.9 Å². The van der Waals surface area contributed by atoms with Gasteiger partial charge in [0.25, 0.3) is 0 Å². The predicted molar refractivity (Wildman–Crippen MR) is 82.3 cm³/mol. The van der Waals surface area contributed by atoms with E-state index in [2.05, 4.69) is 13.2 Å². The van der Waals surface area contributed by atoms with Crippen LogP contribution in [0, 0.1) is 0 Å². The van der Waals surface area contributed by atoms with Crippen LogP contribution in [0.1, 0.15) is 64.2 Å². The maximum absolute atomic E-state index is 9.90. The molecule has 22 heavy (non-hydrogen) atoms. The summed E-state index contributed by atoms with van der Waals surface area (Å²) in [6, 6.07) is 0. The average Bonchev–Trinajstić information content (AvgIpc) is 2.38. The number of allylic oxidation sites excluding steroid dienone is 2. The molecule has 0 saturated heterocycles. The third-order valence-corrected chi connectivity index (χ3v) is 2.58. The zero-order valence-electron chi connectivity index (χ0n) is 13.2. The molecular weight excluding hydrogens is 319 g/mol. The number of carbonyl (C=O) groups excluding carboxylic acids is 2. The molecule has 6 heteroatoms. The van der Waals surface area contributed by atoms with Crippen LogP contribution >= 0.6 is 0 Å². The van der Waals surface area contributed by atoms with Crippen molar-refractivity contribution in [1.82, 2.24) is 0 Å². The summed E-state index contributed by atoms with van der Waals surface area (Å²) in [7, 11) is 0. The number of carboxylic acids is 2. The van der Waals surface area contributed by atoms with Gasteiger partial charge in [-0.05, 0) is 51.4 Å². The molecule has 0 aliphatic rings. The molecule has 0 amide bonds. The van der Waals surface area contributed by atoms with E-state index in [9.17, 15) is 19.8 Å². The average molecular weight is 345 g/mol. The minimum absolute atomic E-state index is 0. The zero-order valence-corrected chi connectivity index (χ0v) is 15.1. The molecule has 124 valence electrons. The van der Waals surface area contributed by atoms with Gasteiger partial charge in [0.1, 0.15) is 0 Å². The van der Waals surface area contributed by atoms with Gasteiger partial charge in [-0.3, -0.25) is 0 Å². The molecule has 0 aliphatic carbocycles. The fraction of sp³-hybridized carbons (Fsp3) is 0.625. The van der Waals surface area contributed by atoms with Crippen LogP contribution in [0.4, 0.5) is 0 Å². The Morgan fingerprint density at radius 1 is 0.727 bits per heavy atom. The minimum atomic E-state index is -0.946. The maximum Gasteiger partial charge on any atom is 3.00 e. The Morgan fingerprint density at radius 2 is 1.05 bits per heavy atom. The van der Waals surface area contributed by atoms with Crippen LogP contribution in [0.2, 0.25) is 0 Å². The molecular formula is C16H26AlClO4. The maximum atomic E-state index is 9.90. The summed E-state index contributed by atoms with van der Waals surface area (Å²) in [5.41, 5.74) is 0. The quantitative estimate of drug-likeness (QED) is 0.242. The van der Waals surface area contributed by atoms with E-state index in [0.29, 0.717) is 0 Å². The summed E-state index contributed by atoms with van der Waals surface area (Å²) in [6.45, 7) is 7.13. The summed E-state index contributed by atoms with van der Waals surface area (Å²) in [4.78, 5) is 19.8. The van der Waals surface area contributed by atoms with Crippen LogP contribution in [0.25, 0.3) is 0 Å².